The van der Waals surface area contributed by atoms with Crippen LogP contribution in [-0.4, -0.2) is 17.0 Å². The van der Waals surface area contributed by atoms with Crippen LogP contribution in [-0.2, 0) is 4.79 Å². The first-order valence-electron chi connectivity index (χ1n) is 6.73. The molecule has 1 aromatic carbocycles. The second-order valence-corrected chi connectivity index (χ2v) is 6.17. The standard InChI is InChI=1S/C15H22FN3O2/c1-9(15(2,3)4)8-12(20)18-11-7-5-6-10(16)13(11)14(17)19-21/h5-7,9,21H,8H2,1-4H3,(H2,17,19)(H,18,20). The van der Waals surface area contributed by atoms with Gasteiger partial charge in [0, 0.05) is 6.42 Å². The van der Waals surface area contributed by atoms with E-state index < -0.39 is 5.82 Å². The van der Waals surface area contributed by atoms with Crippen molar-refractivity contribution >= 4 is 17.4 Å². The summed E-state index contributed by atoms with van der Waals surface area (Å²) in [4.78, 5) is 12.1. The predicted octanol–water partition coefficient (Wildman–Crippen LogP) is 2.93. The van der Waals surface area contributed by atoms with E-state index in [1.54, 1.807) is 0 Å². The number of halogens is 1. The quantitative estimate of drug-likeness (QED) is 0.345. The average Bonchev–Trinajstić information content (AvgIpc) is 2.36. The fourth-order valence-electron chi connectivity index (χ4n) is 1.72. The molecule has 0 aliphatic heterocycles. The van der Waals surface area contributed by atoms with E-state index >= 15 is 0 Å². The molecule has 0 heterocycles. The third-order valence-electron chi connectivity index (χ3n) is 3.62. The highest BCUT2D eigenvalue weighted by Gasteiger charge is 2.23. The fourth-order valence-corrected chi connectivity index (χ4v) is 1.72. The Kier molecular flexibility index (Phi) is 5.29. The van der Waals surface area contributed by atoms with Gasteiger partial charge in [-0.3, -0.25) is 4.79 Å². The van der Waals surface area contributed by atoms with Crippen molar-refractivity contribution in [3.63, 3.8) is 0 Å². The molecular weight excluding hydrogens is 273 g/mol. The third-order valence-corrected chi connectivity index (χ3v) is 3.62. The number of nitrogens with zero attached hydrogens (tertiary/aromatic N) is 1. The summed E-state index contributed by atoms with van der Waals surface area (Å²) in [6, 6.07) is 4.14. The van der Waals surface area contributed by atoms with Crippen LogP contribution in [0, 0.1) is 17.2 Å². The lowest BCUT2D eigenvalue weighted by molar-refractivity contribution is -0.117. The van der Waals surface area contributed by atoms with E-state index in [0.717, 1.165) is 0 Å². The van der Waals surface area contributed by atoms with Crippen molar-refractivity contribution in [1.29, 1.82) is 0 Å². The fraction of sp³-hybridized carbons (Fsp3) is 0.467. The topological polar surface area (TPSA) is 87.7 Å². The SMILES string of the molecule is CC(CC(=O)Nc1cccc(F)c1C(N)=NO)C(C)(C)C. The molecule has 21 heavy (non-hydrogen) atoms. The molecule has 1 rings (SSSR count). The number of benzene rings is 1. The van der Waals surface area contributed by atoms with E-state index in [-0.39, 0.29) is 34.3 Å². The third kappa shape index (κ3) is 4.44. The molecule has 0 saturated carbocycles. The molecule has 0 fully saturated rings. The number of hydrogen-bond donors (Lipinski definition) is 3. The molecule has 0 aromatic heterocycles. The molecule has 6 heteroatoms. The Balaban J connectivity index is 2.94. The van der Waals surface area contributed by atoms with Crippen molar-refractivity contribution in [2.45, 2.75) is 34.1 Å². The number of carbonyl (C=O) groups is 1. The van der Waals surface area contributed by atoms with Gasteiger partial charge in [0.1, 0.15) is 5.82 Å². The van der Waals surface area contributed by atoms with Crippen LogP contribution in [0.5, 0.6) is 0 Å². The minimum atomic E-state index is -0.660. The van der Waals surface area contributed by atoms with E-state index in [1.807, 2.05) is 6.92 Å². The first-order valence-corrected chi connectivity index (χ1v) is 6.73. The lowest BCUT2D eigenvalue weighted by atomic mass is 9.80. The average molecular weight is 295 g/mol. The van der Waals surface area contributed by atoms with E-state index in [0.29, 0.717) is 6.42 Å². The van der Waals surface area contributed by atoms with Crippen molar-refractivity contribution in [3.05, 3.63) is 29.6 Å². The molecule has 5 nitrogen and oxygen atoms in total. The number of amidine groups is 1. The maximum atomic E-state index is 13.8. The number of amides is 1. The Hall–Kier alpha value is -2.11. The van der Waals surface area contributed by atoms with E-state index in [1.165, 1.54) is 18.2 Å². The molecule has 1 amide bonds. The van der Waals surface area contributed by atoms with Gasteiger partial charge in [0.05, 0.1) is 11.3 Å². The first kappa shape index (κ1) is 16.9. The van der Waals surface area contributed by atoms with Crippen molar-refractivity contribution in [2.75, 3.05) is 5.32 Å². The van der Waals surface area contributed by atoms with Gasteiger partial charge in [-0.15, -0.1) is 0 Å². The van der Waals surface area contributed by atoms with Crippen LogP contribution in [0.25, 0.3) is 0 Å². The summed E-state index contributed by atoms with van der Waals surface area (Å²) >= 11 is 0. The minimum Gasteiger partial charge on any atom is -0.409 e. The van der Waals surface area contributed by atoms with E-state index in [4.69, 9.17) is 10.9 Å². The Morgan fingerprint density at radius 3 is 2.62 bits per heavy atom. The lowest BCUT2D eigenvalue weighted by Gasteiger charge is -2.26. The normalized spacial score (nSPS) is 13.9. The van der Waals surface area contributed by atoms with Crippen LogP contribution in [0.15, 0.2) is 23.4 Å². The Morgan fingerprint density at radius 2 is 2.10 bits per heavy atom. The molecule has 1 atom stereocenters. The van der Waals surface area contributed by atoms with Crippen LogP contribution in [0.2, 0.25) is 0 Å². The zero-order chi connectivity index (χ0) is 16.2. The lowest BCUT2D eigenvalue weighted by Crippen LogP contribution is -2.25. The maximum Gasteiger partial charge on any atom is 0.224 e. The predicted molar refractivity (Wildman–Crippen MR) is 80.8 cm³/mol. The molecule has 0 bridgehead atoms. The van der Waals surface area contributed by atoms with Gasteiger partial charge in [0.2, 0.25) is 5.91 Å². The molecule has 1 aromatic rings. The summed E-state index contributed by atoms with van der Waals surface area (Å²) < 4.78 is 13.8. The number of oxime groups is 1. The van der Waals surface area contributed by atoms with Gasteiger partial charge in [-0.2, -0.15) is 0 Å². The van der Waals surface area contributed by atoms with Crippen LogP contribution in [0.4, 0.5) is 10.1 Å². The highest BCUT2D eigenvalue weighted by molar-refractivity contribution is 6.05. The molecule has 0 saturated heterocycles. The van der Waals surface area contributed by atoms with Crippen molar-refractivity contribution in [1.82, 2.24) is 0 Å². The van der Waals surface area contributed by atoms with Gasteiger partial charge >= 0.3 is 0 Å². The number of nitrogens with one attached hydrogen (secondary N) is 1. The zero-order valence-corrected chi connectivity index (χ0v) is 12.8. The van der Waals surface area contributed by atoms with E-state index in [9.17, 15) is 9.18 Å². The summed E-state index contributed by atoms with van der Waals surface area (Å²) in [5, 5.41) is 14.1. The summed E-state index contributed by atoms with van der Waals surface area (Å²) in [7, 11) is 0. The van der Waals surface area contributed by atoms with Gasteiger partial charge in [0.25, 0.3) is 0 Å². The molecule has 0 aliphatic rings. The smallest absolute Gasteiger partial charge is 0.224 e. The summed E-state index contributed by atoms with van der Waals surface area (Å²) in [5.74, 6) is -1.13. The van der Waals surface area contributed by atoms with Gasteiger partial charge < -0.3 is 16.3 Å². The zero-order valence-electron chi connectivity index (χ0n) is 12.8. The van der Waals surface area contributed by atoms with E-state index in [2.05, 4.69) is 31.2 Å². The monoisotopic (exact) mass is 295 g/mol. The van der Waals surface area contributed by atoms with Crippen molar-refractivity contribution in [2.24, 2.45) is 22.2 Å². The van der Waals surface area contributed by atoms with Crippen LogP contribution in [0.3, 0.4) is 0 Å². The molecular formula is C15H22FN3O2. The number of carbonyl (C=O) groups excluding carboxylic acids is 1. The highest BCUT2D eigenvalue weighted by Crippen LogP contribution is 2.28. The summed E-state index contributed by atoms with van der Waals surface area (Å²) in [6.45, 7) is 8.13. The summed E-state index contributed by atoms with van der Waals surface area (Å²) in [6.07, 6.45) is 0.301. The second kappa shape index (κ2) is 6.56. The Labute approximate surface area is 124 Å². The minimum absolute atomic E-state index is 0.00626. The first-order chi connectivity index (χ1) is 9.66. The van der Waals surface area contributed by atoms with Gasteiger partial charge in [-0.1, -0.05) is 38.9 Å². The number of anilines is 1. The largest absolute Gasteiger partial charge is 0.409 e. The van der Waals surface area contributed by atoms with Crippen molar-refractivity contribution in [3.8, 4) is 0 Å². The molecule has 1 unspecified atom stereocenters. The Bertz CT molecular complexity index is 550. The number of hydrogen-bond acceptors (Lipinski definition) is 3. The van der Waals surface area contributed by atoms with Crippen LogP contribution < -0.4 is 11.1 Å². The summed E-state index contributed by atoms with van der Waals surface area (Å²) in [5.41, 5.74) is 5.52. The maximum absolute atomic E-state index is 13.8. The molecule has 4 N–H and O–H groups in total. The highest BCUT2D eigenvalue weighted by atomic mass is 19.1. The molecule has 0 radical (unpaired) electrons. The second-order valence-electron chi connectivity index (χ2n) is 6.17. The van der Waals surface area contributed by atoms with Gasteiger partial charge in [-0.05, 0) is 23.5 Å². The molecule has 116 valence electrons. The van der Waals surface area contributed by atoms with Crippen LogP contribution >= 0.6 is 0 Å². The van der Waals surface area contributed by atoms with Gasteiger partial charge in [-0.25, -0.2) is 4.39 Å². The van der Waals surface area contributed by atoms with Gasteiger partial charge in [0.15, 0.2) is 5.84 Å². The Morgan fingerprint density at radius 1 is 1.48 bits per heavy atom. The van der Waals surface area contributed by atoms with Crippen molar-refractivity contribution < 1.29 is 14.4 Å². The molecule has 0 aliphatic carbocycles. The number of nitrogens with two attached hydrogens (primary N) is 1. The number of rotatable bonds is 4. The molecule has 0 spiro atoms. The van der Waals surface area contributed by atoms with Crippen LogP contribution in [0.1, 0.15) is 39.7 Å².